The Kier molecular flexibility index (Phi) is 5.71. The maximum absolute atomic E-state index is 13.5. The number of rotatable bonds is 6. The van der Waals surface area contributed by atoms with E-state index in [0.717, 1.165) is 22.4 Å². The molecule has 0 aromatic heterocycles. The Bertz CT molecular complexity index is 1190. The van der Waals surface area contributed by atoms with Gasteiger partial charge < -0.3 is 14.9 Å². The van der Waals surface area contributed by atoms with Crippen LogP contribution in [0, 0.1) is 6.92 Å². The maximum atomic E-state index is 13.5. The van der Waals surface area contributed by atoms with Crippen LogP contribution >= 0.6 is 0 Å². The molecule has 3 aromatic rings. The first-order valence-electron chi connectivity index (χ1n) is 9.80. The van der Waals surface area contributed by atoms with Gasteiger partial charge in [-0.1, -0.05) is 29.8 Å². The number of sulfonamides is 1. The SMILES string of the molecule is COc1ccc(C2=CC(c3ccc(OC)cc3)N(S(=O)(=O)c3ccc(C)cc3)N2)cc1. The normalized spacial score (nSPS) is 16.5. The molecule has 0 fully saturated rings. The molecule has 7 heteroatoms. The fourth-order valence-corrected chi connectivity index (χ4v) is 4.86. The number of hydrazine groups is 1. The third-order valence-electron chi connectivity index (χ3n) is 5.24. The number of hydrogen-bond donors (Lipinski definition) is 1. The van der Waals surface area contributed by atoms with E-state index in [1.807, 2.05) is 61.5 Å². The zero-order chi connectivity index (χ0) is 22.0. The van der Waals surface area contributed by atoms with E-state index in [1.165, 1.54) is 4.41 Å². The van der Waals surface area contributed by atoms with Crippen molar-refractivity contribution in [3.05, 3.63) is 95.6 Å². The highest BCUT2D eigenvalue weighted by Crippen LogP contribution is 2.36. The summed E-state index contributed by atoms with van der Waals surface area (Å²) in [6, 6.07) is 21.2. The van der Waals surface area contributed by atoms with Crippen LogP contribution in [0.2, 0.25) is 0 Å². The summed E-state index contributed by atoms with van der Waals surface area (Å²) in [5.41, 5.74) is 6.50. The van der Waals surface area contributed by atoms with Gasteiger partial charge in [0.25, 0.3) is 10.0 Å². The van der Waals surface area contributed by atoms with Crippen molar-refractivity contribution in [2.45, 2.75) is 17.9 Å². The number of methoxy groups -OCH3 is 2. The molecule has 3 aromatic carbocycles. The van der Waals surface area contributed by atoms with Gasteiger partial charge in [-0.25, -0.2) is 8.42 Å². The summed E-state index contributed by atoms with van der Waals surface area (Å²) in [6.45, 7) is 1.92. The van der Waals surface area contributed by atoms with E-state index < -0.39 is 16.1 Å². The van der Waals surface area contributed by atoms with Gasteiger partial charge in [-0.05, 0) is 72.7 Å². The lowest BCUT2D eigenvalue weighted by atomic mass is 10.1. The minimum atomic E-state index is -3.81. The molecule has 1 heterocycles. The van der Waals surface area contributed by atoms with Gasteiger partial charge in [0.2, 0.25) is 0 Å². The van der Waals surface area contributed by atoms with Crippen LogP contribution in [0.15, 0.2) is 83.8 Å². The molecule has 1 unspecified atom stereocenters. The van der Waals surface area contributed by atoms with E-state index in [9.17, 15) is 8.42 Å². The van der Waals surface area contributed by atoms with E-state index in [0.29, 0.717) is 11.4 Å². The first kappa shape index (κ1) is 21.0. The number of ether oxygens (including phenoxy) is 2. The van der Waals surface area contributed by atoms with Gasteiger partial charge in [0.1, 0.15) is 11.5 Å². The van der Waals surface area contributed by atoms with Crippen LogP contribution in [0.4, 0.5) is 0 Å². The molecule has 1 aliphatic rings. The Morgan fingerprint density at radius 3 is 1.90 bits per heavy atom. The van der Waals surface area contributed by atoms with Crippen LogP contribution in [0.3, 0.4) is 0 Å². The third-order valence-corrected chi connectivity index (χ3v) is 6.95. The minimum absolute atomic E-state index is 0.230. The molecule has 6 nitrogen and oxygen atoms in total. The highest BCUT2D eigenvalue weighted by Gasteiger charge is 2.37. The molecule has 31 heavy (non-hydrogen) atoms. The Balaban J connectivity index is 1.75. The lowest BCUT2D eigenvalue weighted by Crippen LogP contribution is -2.39. The quantitative estimate of drug-likeness (QED) is 0.624. The molecular weight excluding hydrogens is 412 g/mol. The molecule has 0 saturated heterocycles. The largest absolute Gasteiger partial charge is 0.497 e. The van der Waals surface area contributed by atoms with Crippen molar-refractivity contribution in [3.63, 3.8) is 0 Å². The predicted molar refractivity (Wildman–Crippen MR) is 120 cm³/mol. The molecule has 0 amide bonds. The first-order valence-corrected chi connectivity index (χ1v) is 11.2. The molecule has 1 atom stereocenters. The lowest BCUT2D eigenvalue weighted by Gasteiger charge is -2.25. The van der Waals surface area contributed by atoms with Crippen molar-refractivity contribution < 1.29 is 17.9 Å². The fourth-order valence-electron chi connectivity index (χ4n) is 3.45. The molecule has 1 N–H and O–H groups in total. The molecule has 4 rings (SSSR count). The van der Waals surface area contributed by atoms with Gasteiger partial charge >= 0.3 is 0 Å². The van der Waals surface area contributed by atoms with Crippen LogP contribution in [0.5, 0.6) is 11.5 Å². The molecule has 0 bridgehead atoms. The molecular formula is C24H24N2O4S. The van der Waals surface area contributed by atoms with Gasteiger partial charge in [0, 0.05) is 0 Å². The molecule has 0 aliphatic carbocycles. The Labute approximate surface area is 182 Å². The fraction of sp³-hybridized carbons (Fsp3) is 0.167. The van der Waals surface area contributed by atoms with E-state index in [2.05, 4.69) is 5.43 Å². The molecule has 0 saturated carbocycles. The Morgan fingerprint density at radius 1 is 0.806 bits per heavy atom. The molecule has 0 radical (unpaired) electrons. The van der Waals surface area contributed by atoms with E-state index in [1.54, 1.807) is 38.5 Å². The van der Waals surface area contributed by atoms with Crippen molar-refractivity contribution in [2.75, 3.05) is 14.2 Å². The van der Waals surface area contributed by atoms with Gasteiger partial charge in [-0.2, -0.15) is 0 Å². The zero-order valence-electron chi connectivity index (χ0n) is 17.6. The minimum Gasteiger partial charge on any atom is -0.497 e. The molecule has 0 spiro atoms. The zero-order valence-corrected chi connectivity index (χ0v) is 18.4. The Hall–Kier alpha value is -3.29. The topological polar surface area (TPSA) is 67.9 Å². The summed E-state index contributed by atoms with van der Waals surface area (Å²) in [6.07, 6.45) is 1.91. The summed E-state index contributed by atoms with van der Waals surface area (Å²) < 4.78 is 38.8. The monoisotopic (exact) mass is 436 g/mol. The standard InChI is InChI=1S/C24H24N2O4S/c1-17-4-14-22(15-5-17)31(27,28)26-24(19-8-12-21(30-3)13-9-19)16-23(25-26)18-6-10-20(29-2)11-7-18/h4-16,24-25H,1-3H3. The summed E-state index contributed by atoms with van der Waals surface area (Å²) in [5, 5.41) is 0. The van der Waals surface area contributed by atoms with Crippen LogP contribution in [0.25, 0.3) is 5.70 Å². The summed E-state index contributed by atoms with van der Waals surface area (Å²) in [7, 11) is -0.600. The average Bonchev–Trinajstić information content (AvgIpc) is 3.26. The van der Waals surface area contributed by atoms with Crippen LogP contribution in [-0.2, 0) is 10.0 Å². The van der Waals surface area contributed by atoms with Gasteiger partial charge in [-0.15, -0.1) is 4.41 Å². The van der Waals surface area contributed by atoms with Crippen molar-refractivity contribution in [3.8, 4) is 11.5 Å². The van der Waals surface area contributed by atoms with Crippen molar-refractivity contribution >= 4 is 15.7 Å². The summed E-state index contributed by atoms with van der Waals surface area (Å²) in [4.78, 5) is 0.230. The summed E-state index contributed by atoms with van der Waals surface area (Å²) >= 11 is 0. The number of hydrogen-bond acceptors (Lipinski definition) is 5. The van der Waals surface area contributed by atoms with Gasteiger partial charge in [0.05, 0.1) is 30.9 Å². The van der Waals surface area contributed by atoms with Gasteiger partial charge in [-0.3, -0.25) is 0 Å². The third kappa shape index (κ3) is 4.15. The second-order valence-electron chi connectivity index (χ2n) is 7.25. The average molecular weight is 437 g/mol. The Morgan fingerprint density at radius 2 is 1.35 bits per heavy atom. The highest BCUT2D eigenvalue weighted by atomic mass is 32.2. The lowest BCUT2D eigenvalue weighted by molar-refractivity contribution is 0.347. The number of nitrogens with zero attached hydrogens (tertiary/aromatic N) is 1. The van der Waals surface area contributed by atoms with Crippen molar-refractivity contribution in [1.82, 2.24) is 9.84 Å². The second-order valence-corrected chi connectivity index (χ2v) is 9.07. The van der Waals surface area contributed by atoms with Crippen LogP contribution in [0.1, 0.15) is 22.7 Å². The second kappa shape index (κ2) is 8.45. The van der Waals surface area contributed by atoms with E-state index in [-0.39, 0.29) is 4.90 Å². The number of nitrogens with one attached hydrogen (secondary N) is 1. The van der Waals surface area contributed by atoms with Crippen molar-refractivity contribution in [2.24, 2.45) is 0 Å². The van der Waals surface area contributed by atoms with Crippen LogP contribution < -0.4 is 14.9 Å². The van der Waals surface area contributed by atoms with E-state index in [4.69, 9.17) is 9.47 Å². The predicted octanol–water partition coefficient (Wildman–Crippen LogP) is 4.30. The molecule has 160 valence electrons. The highest BCUT2D eigenvalue weighted by molar-refractivity contribution is 7.89. The van der Waals surface area contributed by atoms with Crippen molar-refractivity contribution in [1.29, 1.82) is 0 Å². The van der Waals surface area contributed by atoms with E-state index >= 15 is 0 Å². The summed E-state index contributed by atoms with van der Waals surface area (Å²) in [5.74, 6) is 1.44. The maximum Gasteiger partial charge on any atom is 0.260 e. The number of benzene rings is 3. The smallest absolute Gasteiger partial charge is 0.260 e. The van der Waals surface area contributed by atoms with Gasteiger partial charge in [0.15, 0.2) is 0 Å². The number of aryl methyl sites for hydroxylation is 1. The van der Waals surface area contributed by atoms with Crippen LogP contribution in [-0.4, -0.2) is 27.1 Å². The first-order chi connectivity index (χ1) is 14.9. The molecule has 1 aliphatic heterocycles.